The number of nitrogens with zero attached hydrogens (tertiary/aromatic N) is 1. The Balaban J connectivity index is 2.39. The lowest BCUT2D eigenvalue weighted by Gasteiger charge is -2.17. The summed E-state index contributed by atoms with van der Waals surface area (Å²) in [5.74, 6) is -1.67. The average Bonchev–Trinajstić information content (AvgIpc) is 2.64. The van der Waals surface area contributed by atoms with Crippen molar-refractivity contribution in [2.24, 2.45) is 5.92 Å². The molecule has 1 aromatic rings. The van der Waals surface area contributed by atoms with Gasteiger partial charge in [-0.1, -0.05) is 30.3 Å². The summed E-state index contributed by atoms with van der Waals surface area (Å²) in [7, 11) is 1.19. The number of benzene rings is 1. The molecule has 0 fully saturated rings. The van der Waals surface area contributed by atoms with Crippen LogP contribution in [0.4, 0.5) is 4.79 Å². The first-order chi connectivity index (χ1) is 12.0. The van der Waals surface area contributed by atoms with Crippen LogP contribution in [0, 0.1) is 17.2 Å². The predicted octanol–water partition coefficient (Wildman–Crippen LogP) is 1.12. The molecule has 1 rings (SSSR count). The van der Waals surface area contributed by atoms with Crippen molar-refractivity contribution in [3.05, 3.63) is 35.9 Å². The molecule has 1 aromatic carbocycles. The normalized spacial score (nSPS) is 12.2. The number of hydrogen-bond donors (Lipinski definition) is 2. The van der Waals surface area contributed by atoms with E-state index in [1.807, 2.05) is 24.3 Å². The maximum absolute atomic E-state index is 11.9. The van der Waals surface area contributed by atoms with E-state index in [-0.39, 0.29) is 19.6 Å². The Morgan fingerprint density at radius 2 is 1.92 bits per heavy atom. The van der Waals surface area contributed by atoms with E-state index >= 15 is 0 Å². The highest BCUT2D eigenvalue weighted by Crippen LogP contribution is 2.06. The zero-order chi connectivity index (χ0) is 18.7. The van der Waals surface area contributed by atoms with Crippen LogP contribution in [0.3, 0.4) is 0 Å². The third-order valence-electron chi connectivity index (χ3n) is 3.24. The van der Waals surface area contributed by atoms with Crippen molar-refractivity contribution in [1.82, 2.24) is 10.6 Å². The van der Waals surface area contributed by atoms with Gasteiger partial charge in [-0.25, -0.2) is 9.59 Å². The van der Waals surface area contributed by atoms with Crippen molar-refractivity contribution in [1.29, 1.82) is 5.26 Å². The van der Waals surface area contributed by atoms with Gasteiger partial charge in [0.05, 0.1) is 13.2 Å². The van der Waals surface area contributed by atoms with Crippen molar-refractivity contribution in [2.75, 3.05) is 13.7 Å². The number of nitriles is 1. The van der Waals surface area contributed by atoms with Gasteiger partial charge in [0, 0.05) is 5.92 Å². The molecule has 0 bridgehead atoms. The van der Waals surface area contributed by atoms with E-state index in [2.05, 4.69) is 15.4 Å². The first kappa shape index (κ1) is 20.0. The van der Waals surface area contributed by atoms with Crippen molar-refractivity contribution in [2.45, 2.75) is 26.0 Å². The molecule has 2 N–H and O–H groups in total. The van der Waals surface area contributed by atoms with Gasteiger partial charge in [-0.3, -0.25) is 4.79 Å². The first-order valence-electron chi connectivity index (χ1n) is 7.67. The molecule has 0 heterocycles. The van der Waals surface area contributed by atoms with E-state index in [0.29, 0.717) is 0 Å². The SMILES string of the molecule is COC(=O)[C@@H](C[C@@H](C)C#N)NC(=O)CNC(=O)OCc1ccccc1. The second kappa shape index (κ2) is 10.6. The van der Waals surface area contributed by atoms with Gasteiger partial charge in [0.2, 0.25) is 5.91 Å². The molecule has 0 spiro atoms. The van der Waals surface area contributed by atoms with E-state index < -0.39 is 29.9 Å². The fourth-order valence-electron chi connectivity index (χ4n) is 1.93. The fourth-order valence-corrected chi connectivity index (χ4v) is 1.93. The van der Waals surface area contributed by atoms with Crippen LogP contribution in [0.1, 0.15) is 18.9 Å². The number of rotatable bonds is 8. The summed E-state index contributed by atoms with van der Waals surface area (Å²) in [6.07, 6.45) is -0.632. The third-order valence-corrected chi connectivity index (χ3v) is 3.24. The van der Waals surface area contributed by atoms with Crippen molar-refractivity contribution in [3.63, 3.8) is 0 Å². The lowest BCUT2D eigenvalue weighted by Crippen LogP contribution is -2.46. The summed E-state index contributed by atoms with van der Waals surface area (Å²) in [5, 5.41) is 13.5. The van der Waals surface area contributed by atoms with Gasteiger partial charge in [-0.05, 0) is 18.9 Å². The zero-order valence-electron chi connectivity index (χ0n) is 14.2. The van der Waals surface area contributed by atoms with Crippen molar-refractivity contribution < 1.29 is 23.9 Å². The van der Waals surface area contributed by atoms with E-state index in [0.717, 1.165) is 5.56 Å². The summed E-state index contributed by atoms with van der Waals surface area (Å²) in [5.41, 5.74) is 0.818. The number of methoxy groups -OCH3 is 1. The van der Waals surface area contributed by atoms with E-state index in [4.69, 9.17) is 10.00 Å². The van der Waals surface area contributed by atoms with Gasteiger partial charge in [0.25, 0.3) is 0 Å². The highest BCUT2D eigenvalue weighted by Gasteiger charge is 2.24. The maximum atomic E-state index is 11.9. The highest BCUT2D eigenvalue weighted by atomic mass is 16.5. The monoisotopic (exact) mass is 347 g/mol. The lowest BCUT2D eigenvalue weighted by molar-refractivity contribution is -0.145. The van der Waals surface area contributed by atoms with E-state index in [9.17, 15) is 14.4 Å². The highest BCUT2D eigenvalue weighted by molar-refractivity contribution is 5.87. The first-order valence-corrected chi connectivity index (χ1v) is 7.67. The average molecular weight is 347 g/mol. The summed E-state index contributed by atoms with van der Waals surface area (Å²) in [6.45, 7) is 1.35. The molecule has 2 amide bonds. The van der Waals surface area contributed by atoms with Gasteiger partial charge < -0.3 is 20.1 Å². The van der Waals surface area contributed by atoms with Crippen LogP contribution < -0.4 is 10.6 Å². The van der Waals surface area contributed by atoms with Crippen LogP contribution in [0.15, 0.2) is 30.3 Å². The largest absolute Gasteiger partial charge is 0.467 e. The summed E-state index contributed by atoms with van der Waals surface area (Å²) < 4.78 is 9.57. The molecule has 0 radical (unpaired) electrons. The minimum Gasteiger partial charge on any atom is -0.467 e. The molecule has 2 atom stereocenters. The number of alkyl carbamates (subject to hydrolysis) is 1. The van der Waals surface area contributed by atoms with Crippen molar-refractivity contribution >= 4 is 18.0 Å². The number of hydrogen-bond acceptors (Lipinski definition) is 6. The van der Waals surface area contributed by atoms with Crippen LogP contribution in [-0.4, -0.2) is 37.7 Å². The minimum absolute atomic E-state index is 0.0821. The Bertz CT molecular complexity index is 627. The molecule has 0 unspecified atom stereocenters. The maximum Gasteiger partial charge on any atom is 0.407 e. The minimum atomic E-state index is -0.950. The molecule has 25 heavy (non-hydrogen) atoms. The molecule has 0 aliphatic rings. The van der Waals surface area contributed by atoms with E-state index in [1.165, 1.54) is 7.11 Å². The van der Waals surface area contributed by atoms with Crippen LogP contribution >= 0.6 is 0 Å². The summed E-state index contributed by atoms with van der Waals surface area (Å²) in [4.78, 5) is 35.1. The molecule has 0 aliphatic carbocycles. The number of esters is 1. The Morgan fingerprint density at radius 3 is 2.52 bits per heavy atom. The van der Waals surface area contributed by atoms with Crippen LogP contribution in [0.25, 0.3) is 0 Å². The second-order valence-electron chi connectivity index (χ2n) is 5.32. The number of ether oxygens (including phenoxy) is 2. The Hall–Kier alpha value is -3.08. The third kappa shape index (κ3) is 7.83. The molecule has 8 nitrogen and oxygen atoms in total. The van der Waals surface area contributed by atoms with Crippen LogP contribution in [-0.2, 0) is 25.7 Å². The number of nitrogens with one attached hydrogen (secondary N) is 2. The van der Waals surface area contributed by atoms with Gasteiger partial charge in [-0.15, -0.1) is 0 Å². The predicted molar refractivity (Wildman–Crippen MR) is 88.0 cm³/mol. The Labute approximate surface area is 146 Å². The molecular weight excluding hydrogens is 326 g/mol. The Morgan fingerprint density at radius 1 is 1.24 bits per heavy atom. The Kier molecular flexibility index (Phi) is 8.50. The zero-order valence-corrected chi connectivity index (χ0v) is 14.2. The number of carbonyl (C=O) groups is 3. The molecule has 134 valence electrons. The molecule has 8 heteroatoms. The molecule has 0 aliphatic heterocycles. The van der Waals surface area contributed by atoms with Crippen LogP contribution in [0.5, 0.6) is 0 Å². The van der Waals surface area contributed by atoms with Gasteiger partial charge in [0.1, 0.15) is 19.2 Å². The lowest BCUT2D eigenvalue weighted by atomic mass is 10.0. The van der Waals surface area contributed by atoms with E-state index in [1.54, 1.807) is 19.1 Å². The van der Waals surface area contributed by atoms with Crippen molar-refractivity contribution in [3.8, 4) is 6.07 Å². The molecular formula is C17H21N3O5. The van der Waals surface area contributed by atoms with Crippen LogP contribution in [0.2, 0.25) is 0 Å². The number of amides is 2. The molecule has 0 saturated carbocycles. The quantitative estimate of drug-likeness (QED) is 0.681. The molecule has 0 aromatic heterocycles. The molecule has 0 saturated heterocycles. The topological polar surface area (TPSA) is 118 Å². The summed E-state index contributed by atoms with van der Waals surface area (Å²) >= 11 is 0. The smallest absolute Gasteiger partial charge is 0.407 e. The fraction of sp³-hybridized carbons (Fsp3) is 0.412. The second-order valence-corrected chi connectivity index (χ2v) is 5.32. The summed E-state index contributed by atoms with van der Waals surface area (Å²) in [6, 6.07) is 10.1. The number of carbonyl (C=O) groups excluding carboxylic acids is 3. The van der Waals surface area contributed by atoms with Gasteiger partial charge in [0.15, 0.2) is 0 Å². The standard InChI is InChI=1S/C17H21N3O5/c1-12(9-18)8-14(16(22)24-2)20-15(21)10-19-17(23)25-11-13-6-4-3-5-7-13/h3-7,12,14H,8,10-11H2,1-2H3,(H,19,23)(H,20,21)/t12-,14-/m1/s1. The van der Waals surface area contributed by atoms with Gasteiger partial charge in [-0.2, -0.15) is 5.26 Å². The van der Waals surface area contributed by atoms with Gasteiger partial charge >= 0.3 is 12.1 Å².